The van der Waals surface area contributed by atoms with Gasteiger partial charge in [-0.2, -0.15) is 0 Å². The van der Waals surface area contributed by atoms with E-state index >= 15 is 0 Å². The summed E-state index contributed by atoms with van der Waals surface area (Å²) >= 11 is 0. The minimum absolute atomic E-state index is 0. The Hall–Kier alpha value is -0.950. The number of likely N-dealkylation sites (N-methyl/N-ethyl adjacent to an activating group) is 2. The normalized spacial score (nSPS) is 12.9. The van der Waals surface area contributed by atoms with E-state index in [-0.39, 0.29) is 67.6 Å². The number of hydrogen-bond acceptors (Lipinski definition) is 3. The highest BCUT2D eigenvalue weighted by Crippen LogP contribution is 2.09. The smallest absolute Gasteiger partial charge is 0.155 e. The summed E-state index contributed by atoms with van der Waals surface area (Å²) in [7, 11) is 10.5. The molecule has 0 aliphatic carbocycles. The average Bonchev–Trinajstić information content (AvgIpc) is 2.55. The molecule has 1 aromatic carbocycles. The van der Waals surface area contributed by atoms with Crippen LogP contribution in [0.3, 0.4) is 0 Å². The first-order valence-electron chi connectivity index (χ1n) is 9.72. The molecule has 0 aliphatic heterocycles. The molecule has 0 aliphatic rings. The van der Waals surface area contributed by atoms with Crippen LogP contribution >= 0.6 is 0 Å². The first-order chi connectivity index (χ1) is 12.5. The van der Waals surface area contributed by atoms with Crippen LogP contribution in [0.4, 0.5) is 0 Å². The maximum Gasteiger partial charge on any atom is 0.155 e. The Labute approximate surface area is 214 Å². The summed E-state index contributed by atoms with van der Waals surface area (Å²) in [6.07, 6.45) is 5.52. The third-order valence-electron chi connectivity index (χ3n) is 4.52. The van der Waals surface area contributed by atoms with Crippen LogP contribution < -0.4 is 24.8 Å². The zero-order chi connectivity index (χ0) is 20.5. The number of carbonyl (C=O) groups is 1. The predicted octanol–water partition coefficient (Wildman–Crippen LogP) is 0.265. The molecule has 0 saturated heterocycles. The van der Waals surface area contributed by atoms with Crippen molar-refractivity contribution in [1.29, 1.82) is 0 Å². The van der Waals surface area contributed by atoms with Gasteiger partial charge >= 0.3 is 0 Å². The fourth-order valence-corrected chi connectivity index (χ4v) is 3.20. The van der Waals surface area contributed by atoms with Crippen LogP contribution in [0.5, 0.6) is 0 Å². The second-order valence-electron chi connectivity index (χ2n) is 9.13. The Morgan fingerprint density at radius 1 is 1.03 bits per heavy atom. The van der Waals surface area contributed by atoms with Crippen LogP contribution in [0.1, 0.15) is 54.6 Å². The Bertz CT molecular complexity index is 655. The van der Waals surface area contributed by atoms with Gasteiger partial charge in [0.25, 0.3) is 0 Å². The highest BCUT2D eigenvalue weighted by molar-refractivity contribution is 5.93. The lowest BCUT2D eigenvalue weighted by Gasteiger charge is -2.34. The Balaban J connectivity index is -0.0000000226. The molecule has 0 saturated carbocycles. The van der Waals surface area contributed by atoms with Crippen LogP contribution in [0.25, 0.3) is 6.08 Å². The van der Waals surface area contributed by atoms with Gasteiger partial charge in [0.1, 0.15) is 13.1 Å². The maximum atomic E-state index is 12.0. The minimum Gasteiger partial charge on any atom is -1.00 e. The zero-order valence-electron chi connectivity index (χ0n) is 18.4. The van der Waals surface area contributed by atoms with Gasteiger partial charge in [-0.3, -0.25) is 4.79 Å². The number of benzene rings is 1. The Morgan fingerprint density at radius 2 is 1.62 bits per heavy atom. The number of ketones is 1. The number of quaternary nitrogens is 2. The van der Waals surface area contributed by atoms with Gasteiger partial charge in [0.2, 0.25) is 0 Å². The van der Waals surface area contributed by atoms with E-state index in [0.717, 1.165) is 52.6 Å². The van der Waals surface area contributed by atoms with Crippen molar-refractivity contribution in [3.05, 3.63) is 41.5 Å². The van der Waals surface area contributed by atoms with Gasteiger partial charge < -0.3 is 44.0 Å². The van der Waals surface area contributed by atoms with Gasteiger partial charge in [-0.15, -0.1) is 0 Å². The highest BCUT2D eigenvalue weighted by Gasteiger charge is 2.24. The summed E-state index contributed by atoms with van der Waals surface area (Å²) in [5, 5.41) is 19.3. The largest absolute Gasteiger partial charge is 1.00 e. The van der Waals surface area contributed by atoms with Crippen LogP contribution in [0.15, 0.2) is 30.3 Å². The molecule has 0 radical (unpaired) electrons. The Kier molecular flexibility index (Phi) is 14.7. The minimum atomic E-state index is -0.318. The van der Waals surface area contributed by atoms with Gasteiger partial charge in [-0.1, -0.05) is 30.3 Å². The fraction of sp³-hybridized carbons (Fsp3) is 0.591. The predicted molar refractivity (Wildman–Crippen MR) is 147 cm³/mol. The molecule has 1 atom stereocenters. The molecular weight excluding hydrogens is 411 g/mol. The van der Waals surface area contributed by atoms with Crippen molar-refractivity contribution in [1.82, 2.24) is 0 Å². The summed E-state index contributed by atoms with van der Waals surface area (Å²) in [6.45, 7) is 2.45. The lowest BCUT2D eigenvalue weighted by atomic mass is 10.1. The van der Waals surface area contributed by atoms with Gasteiger partial charge in [0.05, 0.1) is 48.4 Å². The van der Waals surface area contributed by atoms with Crippen molar-refractivity contribution in [3.8, 4) is 0 Å². The number of aliphatic hydroxyl groups is 2. The number of nitrogens with zero attached hydrogens (tertiary/aromatic N) is 2. The van der Waals surface area contributed by atoms with Crippen molar-refractivity contribution in [2.75, 3.05) is 54.9 Å². The SMILES string of the molecule is C[N+](C)(C)CC(O)C[N+](C)(C)CCCCC(=O)/C=C/c1ccc(CO)cc1.[Cl-].[Cl-].[HH].[HH].[HH].[HH].[HH].[HH].[HH].[HH].[HH].[HH].[HH].[HH].[HH].[HH].[HH].[HH].[HH]. The van der Waals surface area contributed by atoms with Crippen LogP contribution in [0.2, 0.25) is 0 Å². The third-order valence-corrected chi connectivity index (χ3v) is 4.52. The van der Waals surface area contributed by atoms with Crippen LogP contribution in [-0.4, -0.2) is 85.9 Å². The molecule has 1 unspecified atom stereocenters. The molecule has 0 spiro atoms. The van der Waals surface area contributed by atoms with Gasteiger partial charge in [-0.05, 0) is 30.0 Å². The molecule has 0 bridgehead atoms. The first kappa shape index (κ1) is 30.2. The summed E-state index contributed by atoms with van der Waals surface area (Å²) < 4.78 is 1.52. The van der Waals surface area contributed by atoms with E-state index in [4.69, 9.17) is 5.11 Å². The maximum absolute atomic E-state index is 12.0. The highest BCUT2D eigenvalue weighted by atomic mass is 35.5. The number of rotatable bonds is 12. The zero-order valence-corrected chi connectivity index (χ0v) is 20.0. The summed E-state index contributed by atoms with van der Waals surface area (Å²) in [6, 6.07) is 7.52. The summed E-state index contributed by atoms with van der Waals surface area (Å²) in [4.78, 5) is 12.0. The van der Waals surface area contributed by atoms with Gasteiger partial charge in [-0.25, -0.2) is 0 Å². The monoisotopic (exact) mass is 482 g/mol. The van der Waals surface area contributed by atoms with Crippen molar-refractivity contribution in [3.63, 3.8) is 0 Å². The van der Waals surface area contributed by atoms with E-state index in [1.54, 1.807) is 6.08 Å². The van der Waals surface area contributed by atoms with Crippen molar-refractivity contribution >= 4 is 11.9 Å². The molecule has 29 heavy (non-hydrogen) atoms. The fourth-order valence-electron chi connectivity index (χ4n) is 3.20. The number of halogens is 2. The van der Waals surface area contributed by atoms with E-state index in [0.29, 0.717) is 6.42 Å². The quantitative estimate of drug-likeness (QED) is 0.255. The summed E-state index contributed by atoms with van der Waals surface area (Å²) in [5.41, 5.74) is 1.83. The molecule has 7 heteroatoms. The Morgan fingerprint density at radius 3 is 2.14 bits per heavy atom. The van der Waals surface area contributed by atoms with E-state index in [9.17, 15) is 9.90 Å². The van der Waals surface area contributed by atoms with E-state index < -0.39 is 0 Å². The second-order valence-corrected chi connectivity index (χ2v) is 9.13. The molecule has 1 rings (SSSR count). The molecule has 202 valence electrons. The van der Waals surface area contributed by atoms with E-state index in [1.165, 1.54) is 0 Å². The summed E-state index contributed by atoms with van der Waals surface area (Å²) in [5.74, 6) is 0.136. The van der Waals surface area contributed by atoms with Crippen molar-refractivity contribution in [2.45, 2.75) is 32.0 Å². The van der Waals surface area contributed by atoms with Crippen LogP contribution in [0, 0.1) is 0 Å². The molecule has 0 amide bonds. The molecule has 0 heterocycles. The third kappa shape index (κ3) is 14.6. The average molecular weight is 484 g/mol. The van der Waals surface area contributed by atoms with Crippen molar-refractivity contribution < 1.29 is 73.0 Å². The molecular formula is C22H72Cl2N2O3. The lowest BCUT2D eigenvalue weighted by molar-refractivity contribution is -0.907. The standard InChI is InChI=1S/C22H38N2O3.2ClH.17H2/c1-23(2,3)16-22(27)17-24(4,5)15-7-6-8-21(26)14-13-19-9-11-20(18-25)12-10-19;;;;;;;;;;;;;;;;;;;/h9-14,22,25,27H,6-8,15-18H2,1-5H3;19*1H/q+2;;;;;;;;;;;;;;;;;;;/p-2/b14-13+;;;;;;;;;;;;;;;;;;;. The lowest BCUT2D eigenvalue weighted by Crippen LogP contribution is -3.00. The molecule has 1 aromatic rings. The number of carbonyl (C=O) groups excluding carboxylic acids is 1. The second kappa shape index (κ2) is 14.1. The van der Waals surface area contributed by atoms with E-state index in [2.05, 4.69) is 35.2 Å². The van der Waals surface area contributed by atoms with E-state index in [1.807, 2.05) is 30.3 Å². The molecule has 0 aromatic heterocycles. The van der Waals surface area contributed by atoms with Gasteiger partial charge in [0.15, 0.2) is 11.9 Å². The number of unbranched alkanes of at least 4 members (excludes halogenated alkanes) is 1. The molecule has 0 fully saturated rings. The number of aliphatic hydroxyl groups excluding tert-OH is 2. The molecule has 5 nitrogen and oxygen atoms in total. The number of hydrogen-bond donors (Lipinski definition) is 2. The van der Waals surface area contributed by atoms with Crippen LogP contribution in [-0.2, 0) is 11.4 Å². The number of allylic oxidation sites excluding steroid dienone is 1. The molecule has 2 N–H and O–H groups in total. The van der Waals surface area contributed by atoms with Crippen molar-refractivity contribution in [2.24, 2.45) is 0 Å². The topological polar surface area (TPSA) is 57.5 Å². The van der Waals surface area contributed by atoms with Gasteiger partial charge in [0, 0.05) is 30.7 Å². The first-order valence-corrected chi connectivity index (χ1v) is 9.72.